The fourth-order valence-corrected chi connectivity index (χ4v) is 4.00. The van der Waals surface area contributed by atoms with E-state index in [-0.39, 0.29) is 11.7 Å². The first-order valence-corrected chi connectivity index (χ1v) is 10.7. The molecule has 0 atom stereocenters. The van der Waals surface area contributed by atoms with Crippen LogP contribution in [0.4, 0.5) is 10.1 Å². The van der Waals surface area contributed by atoms with Crippen molar-refractivity contribution in [2.24, 2.45) is 0 Å². The summed E-state index contributed by atoms with van der Waals surface area (Å²) >= 11 is 6.53. The van der Waals surface area contributed by atoms with Gasteiger partial charge in [0.25, 0.3) is 5.91 Å². The lowest BCUT2D eigenvalue weighted by molar-refractivity contribution is 0.102. The van der Waals surface area contributed by atoms with Crippen molar-refractivity contribution in [1.29, 1.82) is 0 Å². The third kappa shape index (κ3) is 3.99. The predicted octanol–water partition coefficient (Wildman–Crippen LogP) is 5.55. The van der Waals surface area contributed by atoms with Gasteiger partial charge in [0.1, 0.15) is 11.6 Å². The number of fused-ring (bicyclic) bond motifs is 1. The molecule has 0 aliphatic carbocycles. The number of methoxy groups -OCH3 is 1. The fourth-order valence-electron chi connectivity index (χ4n) is 3.68. The van der Waals surface area contributed by atoms with Gasteiger partial charge in [-0.3, -0.25) is 4.79 Å². The number of pyridine rings is 1. The first-order valence-electron chi connectivity index (χ1n) is 10.4. The van der Waals surface area contributed by atoms with Gasteiger partial charge in [0.15, 0.2) is 0 Å². The number of carbonyl (C=O) groups is 1. The minimum absolute atomic E-state index is 0.293. The second kappa shape index (κ2) is 8.64. The highest BCUT2D eigenvalue weighted by molar-refractivity contribution is 6.33. The zero-order valence-corrected chi connectivity index (χ0v) is 19.0. The Bertz CT molecular complexity index is 1520. The first-order chi connectivity index (χ1) is 16.4. The van der Waals surface area contributed by atoms with Crippen LogP contribution in [-0.4, -0.2) is 32.4 Å². The Morgan fingerprint density at radius 3 is 2.62 bits per heavy atom. The molecular formula is C25H19ClFN5O2. The lowest BCUT2D eigenvalue weighted by Gasteiger charge is -2.12. The number of halogens is 2. The summed E-state index contributed by atoms with van der Waals surface area (Å²) in [4.78, 5) is 13.1. The van der Waals surface area contributed by atoms with Crippen LogP contribution < -0.4 is 10.1 Å². The topological polar surface area (TPSA) is 73.4 Å². The number of rotatable bonds is 5. The predicted molar refractivity (Wildman–Crippen MR) is 128 cm³/mol. The molecule has 0 aliphatic heterocycles. The maximum atomic E-state index is 13.2. The van der Waals surface area contributed by atoms with Crippen molar-refractivity contribution in [1.82, 2.24) is 19.4 Å². The minimum Gasteiger partial charge on any atom is -0.495 e. The van der Waals surface area contributed by atoms with Crippen molar-refractivity contribution in [3.63, 3.8) is 0 Å². The summed E-state index contributed by atoms with van der Waals surface area (Å²) in [7, 11) is 1.57. The van der Waals surface area contributed by atoms with Gasteiger partial charge >= 0.3 is 0 Å². The standard InChI is InChI=1S/C25H19ClFN5O2/c1-15-9-22(26)20(16-11-28-31(13-16)18-5-3-17(27)4-6-18)10-23(15)30-25(33)21-12-29-32-14-19(34-2)7-8-24(21)32/h3-14H,1-2H3,(H,30,33). The second-order valence-corrected chi connectivity index (χ2v) is 8.12. The summed E-state index contributed by atoms with van der Waals surface area (Å²) in [6.45, 7) is 1.87. The molecule has 0 radical (unpaired) electrons. The van der Waals surface area contributed by atoms with Crippen molar-refractivity contribution in [3.05, 3.63) is 95.3 Å². The molecule has 1 N–H and O–H groups in total. The molecule has 0 bridgehead atoms. The van der Waals surface area contributed by atoms with E-state index in [1.807, 2.05) is 13.0 Å². The molecule has 3 aromatic heterocycles. The number of benzene rings is 2. The third-order valence-electron chi connectivity index (χ3n) is 5.52. The number of anilines is 1. The maximum Gasteiger partial charge on any atom is 0.259 e. The van der Waals surface area contributed by atoms with Crippen molar-refractivity contribution in [2.45, 2.75) is 6.92 Å². The van der Waals surface area contributed by atoms with Crippen LogP contribution in [0, 0.1) is 12.7 Å². The molecule has 2 aromatic carbocycles. The maximum absolute atomic E-state index is 13.2. The molecule has 0 aliphatic rings. The quantitative estimate of drug-likeness (QED) is 0.362. The van der Waals surface area contributed by atoms with E-state index in [2.05, 4.69) is 15.5 Å². The Balaban J connectivity index is 1.45. The molecule has 34 heavy (non-hydrogen) atoms. The van der Waals surface area contributed by atoms with Crippen LogP contribution in [-0.2, 0) is 0 Å². The highest BCUT2D eigenvalue weighted by Gasteiger charge is 2.17. The average molecular weight is 476 g/mol. The van der Waals surface area contributed by atoms with Gasteiger partial charge in [-0.05, 0) is 61.0 Å². The van der Waals surface area contributed by atoms with Gasteiger partial charge in [-0.25, -0.2) is 13.6 Å². The van der Waals surface area contributed by atoms with Crippen LogP contribution >= 0.6 is 11.6 Å². The monoisotopic (exact) mass is 475 g/mol. The molecule has 0 spiro atoms. The molecule has 170 valence electrons. The molecule has 0 unspecified atom stereocenters. The summed E-state index contributed by atoms with van der Waals surface area (Å²) in [5, 5.41) is 12.1. The Morgan fingerprint density at radius 2 is 1.85 bits per heavy atom. The summed E-state index contributed by atoms with van der Waals surface area (Å²) in [5.74, 6) is 0.0314. The van der Waals surface area contributed by atoms with Crippen LogP contribution in [0.25, 0.3) is 22.3 Å². The Morgan fingerprint density at radius 1 is 1.06 bits per heavy atom. The number of nitrogens with one attached hydrogen (secondary N) is 1. The molecule has 1 amide bonds. The summed E-state index contributed by atoms with van der Waals surface area (Å²) < 4.78 is 21.7. The number of nitrogens with zero attached hydrogens (tertiary/aromatic N) is 4. The number of amides is 1. The molecule has 5 rings (SSSR count). The van der Waals surface area contributed by atoms with Crippen LogP contribution in [0.2, 0.25) is 5.02 Å². The van der Waals surface area contributed by atoms with Gasteiger partial charge in [0.2, 0.25) is 0 Å². The van der Waals surface area contributed by atoms with E-state index in [9.17, 15) is 9.18 Å². The van der Waals surface area contributed by atoms with Crippen LogP contribution in [0.5, 0.6) is 5.75 Å². The lowest BCUT2D eigenvalue weighted by Crippen LogP contribution is -2.12. The normalized spacial score (nSPS) is 11.1. The summed E-state index contributed by atoms with van der Waals surface area (Å²) in [6.07, 6.45) is 6.69. The molecule has 5 aromatic rings. The smallest absolute Gasteiger partial charge is 0.259 e. The lowest BCUT2D eigenvalue weighted by atomic mass is 10.0. The zero-order valence-electron chi connectivity index (χ0n) is 18.3. The van der Waals surface area contributed by atoms with E-state index in [0.717, 1.165) is 11.1 Å². The second-order valence-electron chi connectivity index (χ2n) is 7.71. The minimum atomic E-state index is -0.316. The number of carbonyl (C=O) groups excluding carboxylic acids is 1. The van der Waals surface area contributed by atoms with Crippen molar-refractivity contribution in [3.8, 4) is 22.6 Å². The van der Waals surface area contributed by atoms with E-state index in [0.29, 0.717) is 38.8 Å². The van der Waals surface area contributed by atoms with Crippen LogP contribution in [0.15, 0.2) is 73.3 Å². The Kier molecular flexibility index (Phi) is 5.51. The largest absolute Gasteiger partial charge is 0.495 e. The first kappa shape index (κ1) is 21.7. The van der Waals surface area contributed by atoms with E-state index in [1.54, 1.807) is 65.2 Å². The Hall–Kier alpha value is -4.17. The van der Waals surface area contributed by atoms with Gasteiger partial charge in [-0.15, -0.1) is 0 Å². The summed E-state index contributed by atoms with van der Waals surface area (Å²) in [5.41, 5.74) is 4.70. The van der Waals surface area contributed by atoms with Gasteiger partial charge in [-0.1, -0.05) is 11.6 Å². The molecule has 3 heterocycles. The third-order valence-corrected chi connectivity index (χ3v) is 5.83. The molecule has 9 heteroatoms. The van der Waals surface area contributed by atoms with E-state index in [1.165, 1.54) is 18.3 Å². The average Bonchev–Trinajstić information content (AvgIpc) is 3.48. The molecule has 7 nitrogen and oxygen atoms in total. The molecular weight excluding hydrogens is 457 g/mol. The number of hydrogen-bond acceptors (Lipinski definition) is 4. The van der Waals surface area contributed by atoms with Crippen molar-refractivity contribution >= 4 is 28.7 Å². The molecule has 0 saturated heterocycles. The number of aromatic nitrogens is 4. The van der Waals surface area contributed by atoms with Gasteiger partial charge in [0, 0.05) is 28.0 Å². The van der Waals surface area contributed by atoms with E-state index < -0.39 is 0 Å². The van der Waals surface area contributed by atoms with E-state index in [4.69, 9.17) is 16.3 Å². The molecule has 0 saturated carbocycles. The SMILES string of the molecule is COc1ccc2c(C(=O)Nc3cc(-c4cnn(-c5ccc(F)cc5)c4)c(Cl)cc3C)cnn2c1. The zero-order chi connectivity index (χ0) is 23.8. The van der Waals surface area contributed by atoms with Gasteiger partial charge in [0.05, 0.1) is 42.5 Å². The fraction of sp³-hybridized carbons (Fsp3) is 0.0800. The van der Waals surface area contributed by atoms with Crippen LogP contribution in [0.3, 0.4) is 0 Å². The number of ether oxygens (including phenoxy) is 1. The van der Waals surface area contributed by atoms with Crippen LogP contribution in [0.1, 0.15) is 15.9 Å². The van der Waals surface area contributed by atoms with Gasteiger partial charge in [-0.2, -0.15) is 10.2 Å². The number of hydrogen-bond donors (Lipinski definition) is 1. The molecule has 0 fully saturated rings. The van der Waals surface area contributed by atoms with Crippen molar-refractivity contribution in [2.75, 3.05) is 12.4 Å². The van der Waals surface area contributed by atoms with Gasteiger partial charge < -0.3 is 10.1 Å². The Labute approximate surface area is 199 Å². The van der Waals surface area contributed by atoms with Crippen molar-refractivity contribution < 1.29 is 13.9 Å². The van der Waals surface area contributed by atoms with E-state index >= 15 is 0 Å². The summed E-state index contributed by atoms with van der Waals surface area (Å²) in [6, 6.07) is 13.2. The highest BCUT2D eigenvalue weighted by atomic mass is 35.5. The highest BCUT2D eigenvalue weighted by Crippen LogP contribution is 2.33. The number of aryl methyl sites for hydroxylation is 1.